The molecule has 2 aliphatic rings. The number of nitrogens with zero attached hydrogens (tertiary/aromatic N) is 1. The smallest absolute Gasteiger partial charge is 0.359 e. The van der Waals surface area contributed by atoms with E-state index in [1.54, 1.807) is 6.92 Å². The van der Waals surface area contributed by atoms with Crippen molar-refractivity contribution in [1.29, 1.82) is 0 Å². The van der Waals surface area contributed by atoms with E-state index in [2.05, 4.69) is 5.16 Å². The molecule has 0 bridgehead atoms. The zero-order valence-corrected chi connectivity index (χ0v) is 7.00. The standard InChI is InChI=1S/C8H11NO3/c1-6-9-12-8(7(10)11-6)4-2-3-5-8/h2-5H2,1H3. The first kappa shape index (κ1) is 7.58. The van der Waals surface area contributed by atoms with Crippen molar-refractivity contribution in [2.24, 2.45) is 5.16 Å². The fraction of sp³-hybridized carbons (Fsp3) is 0.750. The van der Waals surface area contributed by atoms with Crippen molar-refractivity contribution in [2.45, 2.75) is 38.2 Å². The van der Waals surface area contributed by atoms with Crippen molar-refractivity contribution < 1.29 is 14.4 Å². The molecule has 0 aromatic carbocycles. The molecule has 0 amide bonds. The summed E-state index contributed by atoms with van der Waals surface area (Å²) in [5.74, 6) is 0.0324. The summed E-state index contributed by atoms with van der Waals surface area (Å²) in [6.07, 6.45) is 3.51. The molecular formula is C8H11NO3. The van der Waals surface area contributed by atoms with Crippen molar-refractivity contribution in [3.8, 4) is 0 Å². The van der Waals surface area contributed by atoms with E-state index < -0.39 is 5.60 Å². The van der Waals surface area contributed by atoms with Gasteiger partial charge in [-0.3, -0.25) is 0 Å². The highest BCUT2D eigenvalue weighted by Crippen LogP contribution is 2.36. The van der Waals surface area contributed by atoms with E-state index in [1.807, 2.05) is 0 Å². The Morgan fingerprint density at radius 1 is 1.42 bits per heavy atom. The van der Waals surface area contributed by atoms with E-state index in [9.17, 15) is 4.79 Å². The SMILES string of the molecule is CC1=NOC2(CCCC2)C(=O)O1. The molecule has 0 radical (unpaired) electrons. The Labute approximate surface area is 70.5 Å². The lowest BCUT2D eigenvalue weighted by Crippen LogP contribution is -2.43. The van der Waals surface area contributed by atoms with Crippen LogP contribution in [0.3, 0.4) is 0 Å². The van der Waals surface area contributed by atoms with Crippen molar-refractivity contribution in [3.05, 3.63) is 0 Å². The number of carbonyl (C=O) groups excluding carboxylic acids is 1. The molecule has 4 nitrogen and oxygen atoms in total. The molecule has 1 fully saturated rings. The Kier molecular flexibility index (Phi) is 1.56. The van der Waals surface area contributed by atoms with E-state index in [0.717, 1.165) is 25.7 Å². The van der Waals surface area contributed by atoms with Gasteiger partial charge in [-0.25, -0.2) is 4.79 Å². The average molecular weight is 169 g/mol. The van der Waals surface area contributed by atoms with E-state index in [1.165, 1.54) is 0 Å². The molecule has 0 N–H and O–H groups in total. The summed E-state index contributed by atoms with van der Waals surface area (Å²) in [6, 6.07) is 0. The first-order valence-electron chi connectivity index (χ1n) is 4.18. The van der Waals surface area contributed by atoms with Crippen LogP contribution in [0.15, 0.2) is 5.16 Å². The molecule has 1 saturated carbocycles. The highest BCUT2D eigenvalue weighted by Gasteiger charge is 2.48. The van der Waals surface area contributed by atoms with E-state index in [-0.39, 0.29) is 5.97 Å². The van der Waals surface area contributed by atoms with Gasteiger partial charge in [0.25, 0.3) is 0 Å². The maximum Gasteiger partial charge on any atom is 0.359 e. The lowest BCUT2D eigenvalue weighted by molar-refractivity contribution is -0.170. The second-order valence-electron chi connectivity index (χ2n) is 3.29. The van der Waals surface area contributed by atoms with Crippen LogP contribution in [-0.2, 0) is 14.4 Å². The van der Waals surface area contributed by atoms with Gasteiger partial charge in [-0.1, -0.05) is 5.16 Å². The number of oxime groups is 1. The minimum atomic E-state index is -0.737. The molecule has 0 saturated heterocycles. The Morgan fingerprint density at radius 2 is 2.08 bits per heavy atom. The molecule has 0 aromatic rings. The van der Waals surface area contributed by atoms with Gasteiger partial charge in [-0.15, -0.1) is 0 Å². The normalized spacial score (nSPS) is 26.4. The van der Waals surface area contributed by atoms with Crippen LogP contribution in [0.1, 0.15) is 32.6 Å². The summed E-state index contributed by atoms with van der Waals surface area (Å²) in [4.78, 5) is 16.6. The van der Waals surface area contributed by atoms with Crippen LogP contribution in [0.5, 0.6) is 0 Å². The summed E-state index contributed by atoms with van der Waals surface area (Å²) in [7, 11) is 0. The minimum absolute atomic E-state index is 0.271. The molecule has 66 valence electrons. The van der Waals surface area contributed by atoms with Gasteiger partial charge in [0.2, 0.25) is 11.5 Å². The van der Waals surface area contributed by atoms with Gasteiger partial charge >= 0.3 is 5.97 Å². The molecule has 1 aliphatic carbocycles. The van der Waals surface area contributed by atoms with E-state index in [4.69, 9.17) is 9.57 Å². The molecule has 0 unspecified atom stereocenters. The third-order valence-corrected chi connectivity index (χ3v) is 2.37. The van der Waals surface area contributed by atoms with Crippen LogP contribution >= 0.6 is 0 Å². The summed E-state index contributed by atoms with van der Waals surface area (Å²) in [5.41, 5.74) is -0.737. The number of hydrogen-bond donors (Lipinski definition) is 0. The van der Waals surface area contributed by atoms with Crippen molar-refractivity contribution in [1.82, 2.24) is 0 Å². The van der Waals surface area contributed by atoms with Gasteiger partial charge in [0.05, 0.1) is 0 Å². The molecule has 0 aromatic heterocycles. The number of carbonyl (C=O) groups is 1. The van der Waals surface area contributed by atoms with Gasteiger partial charge in [-0.2, -0.15) is 0 Å². The zero-order valence-electron chi connectivity index (χ0n) is 7.00. The first-order valence-corrected chi connectivity index (χ1v) is 4.18. The van der Waals surface area contributed by atoms with Crippen LogP contribution in [-0.4, -0.2) is 17.5 Å². The highest BCUT2D eigenvalue weighted by molar-refractivity contribution is 5.93. The van der Waals surface area contributed by atoms with Gasteiger partial charge in [-0.05, 0) is 12.8 Å². The average Bonchev–Trinajstić information content (AvgIpc) is 2.48. The van der Waals surface area contributed by atoms with Crippen molar-refractivity contribution >= 4 is 11.9 Å². The topological polar surface area (TPSA) is 47.9 Å². The van der Waals surface area contributed by atoms with Gasteiger partial charge < -0.3 is 9.57 Å². The monoisotopic (exact) mass is 169 g/mol. The number of rotatable bonds is 0. The lowest BCUT2D eigenvalue weighted by atomic mass is 10.0. The van der Waals surface area contributed by atoms with Crippen LogP contribution in [0.2, 0.25) is 0 Å². The Balaban J connectivity index is 2.22. The van der Waals surface area contributed by atoms with E-state index >= 15 is 0 Å². The van der Waals surface area contributed by atoms with Crippen LogP contribution < -0.4 is 0 Å². The first-order chi connectivity index (χ1) is 5.73. The third kappa shape index (κ3) is 0.983. The maximum atomic E-state index is 11.4. The molecule has 0 atom stereocenters. The fourth-order valence-electron chi connectivity index (χ4n) is 1.68. The quantitative estimate of drug-likeness (QED) is 0.512. The summed E-state index contributed by atoms with van der Waals surface area (Å²) in [5, 5.41) is 3.69. The summed E-state index contributed by atoms with van der Waals surface area (Å²) < 4.78 is 4.91. The van der Waals surface area contributed by atoms with Gasteiger partial charge in [0, 0.05) is 19.8 Å². The molecule has 2 rings (SSSR count). The fourth-order valence-corrected chi connectivity index (χ4v) is 1.68. The Bertz CT molecular complexity index is 241. The second kappa shape index (κ2) is 2.47. The zero-order chi connectivity index (χ0) is 8.60. The highest BCUT2D eigenvalue weighted by atomic mass is 16.7. The Hall–Kier alpha value is -1.06. The Morgan fingerprint density at radius 3 is 2.67 bits per heavy atom. The van der Waals surface area contributed by atoms with Crippen LogP contribution in [0, 0.1) is 0 Å². The lowest BCUT2D eigenvalue weighted by Gasteiger charge is -2.27. The van der Waals surface area contributed by atoms with Crippen molar-refractivity contribution in [2.75, 3.05) is 0 Å². The number of ether oxygens (including phenoxy) is 1. The molecule has 1 aliphatic heterocycles. The van der Waals surface area contributed by atoms with E-state index in [0.29, 0.717) is 5.90 Å². The predicted octanol–water partition coefficient (Wildman–Crippen LogP) is 1.21. The molecule has 1 heterocycles. The van der Waals surface area contributed by atoms with Crippen molar-refractivity contribution in [3.63, 3.8) is 0 Å². The predicted molar refractivity (Wildman–Crippen MR) is 41.5 cm³/mol. The molecule has 4 heteroatoms. The van der Waals surface area contributed by atoms with Crippen LogP contribution in [0.25, 0.3) is 0 Å². The molecular weight excluding hydrogens is 158 g/mol. The van der Waals surface area contributed by atoms with Crippen LogP contribution in [0.4, 0.5) is 0 Å². The largest absolute Gasteiger partial charge is 0.406 e. The number of hydrogen-bond acceptors (Lipinski definition) is 4. The number of esters is 1. The third-order valence-electron chi connectivity index (χ3n) is 2.37. The maximum absolute atomic E-state index is 11.4. The summed E-state index contributed by atoms with van der Waals surface area (Å²) in [6.45, 7) is 1.61. The minimum Gasteiger partial charge on any atom is -0.406 e. The molecule has 1 spiro atoms. The van der Waals surface area contributed by atoms with Gasteiger partial charge in [0.1, 0.15) is 0 Å². The molecule has 12 heavy (non-hydrogen) atoms. The number of cyclic esters (lactones) is 1. The second-order valence-corrected chi connectivity index (χ2v) is 3.29. The summed E-state index contributed by atoms with van der Waals surface area (Å²) >= 11 is 0. The van der Waals surface area contributed by atoms with Gasteiger partial charge in [0.15, 0.2) is 0 Å².